The van der Waals surface area contributed by atoms with Crippen LogP contribution in [-0.4, -0.2) is 41.2 Å². The van der Waals surface area contributed by atoms with E-state index in [-0.39, 0.29) is 5.41 Å². The molecule has 5 nitrogen and oxygen atoms in total. The van der Waals surface area contributed by atoms with Crippen LogP contribution in [0.5, 0.6) is 0 Å². The van der Waals surface area contributed by atoms with Crippen molar-refractivity contribution in [1.29, 1.82) is 0 Å². The van der Waals surface area contributed by atoms with E-state index in [0.717, 1.165) is 50.9 Å². The predicted molar refractivity (Wildman–Crippen MR) is 70.2 cm³/mol. The molecule has 0 aliphatic carbocycles. The van der Waals surface area contributed by atoms with Crippen LogP contribution in [0.3, 0.4) is 0 Å². The third-order valence-electron chi connectivity index (χ3n) is 2.99. The van der Waals surface area contributed by atoms with Crippen LogP contribution in [0, 0.1) is 5.41 Å². The fraction of sp³-hybridized carbons (Fsp3) is 0.846. The number of nitrogens with zero attached hydrogens (tertiary/aromatic N) is 3. The average molecular weight is 252 g/mol. The maximum absolute atomic E-state index is 5.33. The van der Waals surface area contributed by atoms with E-state index in [9.17, 15) is 0 Å². The van der Waals surface area contributed by atoms with E-state index in [4.69, 9.17) is 4.52 Å². The van der Waals surface area contributed by atoms with Crippen molar-refractivity contribution in [2.24, 2.45) is 5.41 Å². The van der Waals surface area contributed by atoms with Crippen LogP contribution in [-0.2, 0) is 13.0 Å². The van der Waals surface area contributed by atoms with Gasteiger partial charge in [0, 0.05) is 19.5 Å². The minimum Gasteiger partial charge on any atom is -0.338 e. The van der Waals surface area contributed by atoms with E-state index in [1.54, 1.807) is 0 Å². The molecule has 1 aliphatic rings. The van der Waals surface area contributed by atoms with Gasteiger partial charge in [-0.25, -0.2) is 0 Å². The molecule has 102 valence electrons. The van der Waals surface area contributed by atoms with Crippen molar-refractivity contribution in [3.8, 4) is 0 Å². The van der Waals surface area contributed by atoms with Crippen LogP contribution < -0.4 is 5.32 Å². The number of rotatable bonds is 3. The Morgan fingerprint density at radius 3 is 2.89 bits per heavy atom. The number of hydrogen-bond acceptors (Lipinski definition) is 5. The molecule has 1 aromatic heterocycles. The summed E-state index contributed by atoms with van der Waals surface area (Å²) >= 11 is 0. The van der Waals surface area contributed by atoms with Crippen molar-refractivity contribution < 1.29 is 4.52 Å². The fourth-order valence-corrected chi connectivity index (χ4v) is 2.15. The van der Waals surface area contributed by atoms with E-state index < -0.39 is 0 Å². The molecule has 2 heterocycles. The molecule has 0 bridgehead atoms. The second kappa shape index (κ2) is 5.80. The lowest BCUT2D eigenvalue weighted by molar-refractivity contribution is 0.238. The molecular weight excluding hydrogens is 228 g/mol. The molecule has 0 aromatic carbocycles. The summed E-state index contributed by atoms with van der Waals surface area (Å²) in [6.45, 7) is 11.6. The summed E-state index contributed by atoms with van der Waals surface area (Å²) in [5, 5.41) is 7.45. The zero-order valence-corrected chi connectivity index (χ0v) is 11.7. The molecule has 0 unspecified atom stereocenters. The molecule has 0 atom stereocenters. The third-order valence-corrected chi connectivity index (χ3v) is 2.99. The van der Waals surface area contributed by atoms with Gasteiger partial charge in [0.2, 0.25) is 5.89 Å². The molecule has 1 fully saturated rings. The normalized spacial score (nSPS) is 18.8. The Morgan fingerprint density at radius 1 is 1.28 bits per heavy atom. The zero-order valence-electron chi connectivity index (χ0n) is 11.7. The Labute approximate surface area is 109 Å². The maximum atomic E-state index is 5.33. The highest BCUT2D eigenvalue weighted by Crippen LogP contribution is 2.18. The largest absolute Gasteiger partial charge is 0.338 e. The molecule has 5 heteroatoms. The molecule has 1 N–H and O–H groups in total. The summed E-state index contributed by atoms with van der Waals surface area (Å²) in [7, 11) is 0. The minimum atomic E-state index is 0.202. The van der Waals surface area contributed by atoms with Gasteiger partial charge >= 0.3 is 0 Å². The van der Waals surface area contributed by atoms with E-state index in [0.29, 0.717) is 0 Å². The Bertz CT molecular complexity index is 361. The highest BCUT2D eigenvalue weighted by molar-refractivity contribution is 4.90. The molecule has 0 amide bonds. The molecule has 1 aromatic rings. The fourth-order valence-electron chi connectivity index (χ4n) is 2.15. The Hall–Kier alpha value is -0.940. The van der Waals surface area contributed by atoms with Gasteiger partial charge in [-0.3, -0.25) is 4.90 Å². The number of nitrogens with one attached hydrogen (secondary N) is 1. The first-order valence-corrected chi connectivity index (χ1v) is 6.77. The molecule has 0 radical (unpaired) electrons. The van der Waals surface area contributed by atoms with Crippen molar-refractivity contribution >= 4 is 0 Å². The molecule has 0 spiro atoms. The summed E-state index contributed by atoms with van der Waals surface area (Å²) < 4.78 is 5.33. The summed E-state index contributed by atoms with van der Waals surface area (Å²) in [4.78, 5) is 6.85. The summed E-state index contributed by atoms with van der Waals surface area (Å²) in [5.41, 5.74) is 0.202. The molecule has 1 saturated heterocycles. The lowest BCUT2D eigenvalue weighted by atomic mass is 9.92. The van der Waals surface area contributed by atoms with Gasteiger partial charge in [-0.1, -0.05) is 25.9 Å². The van der Waals surface area contributed by atoms with Gasteiger partial charge in [0.25, 0.3) is 0 Å². The first kappa shape index (κ1) is 13.5. The highest BCUT2D eigenvalue weighted by Gasteiger charge is 2.17. The second-order valence-electron chi connectivity index (χ2n) is 6.22. The Balaban J connectivity index is 1.89. The zero-order chi connectivity index (χ0) is 13.0. The van der Waals surface area contributed by atoms with Crippen LogP contribution in [0.4, 0.5) is 0 Å². The van der Waals surface area contributed by atoms with Gasteiger partial charge in [0.15, 0.2) is 5.82 Å². The topological polar surface area (TPSA) is 54.2 Å². The molecular formula is C13H24N4O. The van der Waals surface area contributed by atoms with Gasteiger partial charge < -0.3 is 9.84 Å². The van der Waals surface area contributed by atoms with Crippen molar-refractivity contribution in [3.05, 3.63) is 11.7 Å². The summed E-state index contributed by atoms with van der Waals surface area (Å²) in [6, 6.07) is 0. The van der Waals surface area contributed by atoms with Gasteiger partial charge in [-0.2, -0.15) is 4.98 Å². The SMILES string of the molecule is CC(C)(C)Cc1noc(CN2CCCNCC2)n1. The molecule has 18 heavy (non-hydrogen) atoms. The average Bonchev–Trinajstić information content (AvgIpc) is 2.53. The van der Waals surface area contributed by atoms with Crippen molar-refractivity contribution in [2.45, 2.75) is 40.2 Å². The van der Waals surface area contributed by atoms with Gasteiger partial charge in [-0.05, 0) is 24.9 Å². The van der Waals surface area contributed by atoms with Crippen molar-refractivity contribution in [3.63, 3.8) is 0 Å². The molecule has 0 saturated carbocycles. The Kier molecular flexibility index (Phi) is 4.35. The van der Waals surface area contributed by atoms with E-state index in [1.807, 2.05) is 0 Å². The first-order valence-electron chi connectivity index (χ1n) is 6.77. The van der Waals surface area contributed by atoms with Gasteiger partial charge in [0.1, 0.15) is 0 Å². The van der Waals surface area contributed by atoms with Crippen LogP contribution in [0.2, 0.25) is 0 Å². The minimum absolute atomic E-state index is 0.202. The lowest BCUT2D eigenvalue weighted by Gasteiger charge is -2.16. The maximum Gasteiger partial charge on any atom is 0.240 e. The van der Waals surface area contributed by atoms with Crippen molar-refractivity contribution in [1.82, 2.24) is 20.4 Å². The number of aromatic nitrogens is 2. The second-order valence-corrected chi connectivity index (χ2v) is 6.22. The number of hydrogen-bond donors (Lipinski definition) is 1. The third kappa shape index (κ3) is 4.38. The lowest BCUT2D eigenvalue weighted by Crippen LogP contribution is -2.27. The molecule has 1 aliphatic heterocycles. The van der Waals surface area contributed by atoms with Crippen LogP contribution in [0.1, 0.15) is 38.9 Å². The van der Waals surface area contributed by atoms with E-state index in [2.05, 4.69) is 41.1 Å². The van der Waals surface area contributed by atoms with Crippen molar-refractivity contribution in [2.75, 3.05) is 26.2 Å². The van der Waals surface area contributed by atoms with Gasteiger partial charge in [0.05, 0.1) is 6.54 Å². The Morgan fingerprint density at radius 2 is 2.11 bits per heavy atom. The van der Waals surface area contributed by atoms with Crippen LogP contribution >= 0.6 is 0 Å². The van der Waals surface area contributed by atoms with E-state index >= 15 is 0 Å². The van der Waals surface area contributed by atoms with E-state index in [1.165, 1.54) is 6.42 Å². The molecule has 2 rings (SSSR count). The van der Waals surface area contributed by atoms with Crippen LogP contribution in [0.15, 0.2) is 4.52 Å². The standard InChI is InChI=1S/C13H24N4O/c1-13(2,3)9-11-15-12(18-16-11)10-17-7-4-5-14-6-8-17/h14H,4-10H2,1-3H3. The van der Waals surface area contributed by atoms with Gasteiger partial charge in [-0.15, -0.1) is 0 Å². The predicted octanol–water partition coefficient (Wildman–Crippen LogP) is 1.45. The highest BCUT2D eigenvalue weighted by atomic mass is 16.5. The monoisotopic (exact) mass is 252 g/mol. The smallest absolute Gasteiger partial charge is 0.240 e. The quantitative estimate of drug-likeness (QED) is 0.882. The summed E-state index contributed by atoms with van der Waals surface area (Å²) in [6.07, 6.45) is 2.04. The van der Waals surface area contributed by atoms with Crippen LogP contribution in [0.25, 0.3) is 0 Å². The summed E-state index contributed by atoms with van der Waals surface area (Å²) in [5.74, 6) is 1.57. The first-order chi connectivity index (χ1) is 8.53.